The number of amides is 3. The number of piperidine rings is 1. The van der Waals surface area contributed by atoms with Gasteiger partial charge >= 0.3 is 0 Å². The average Bonchev–Trinajstić information content (AvgIpc) is 3.17. The molecule has 1 spiro atoms. The molecule has 2 aromatic carbocycles. The first-order valence-corrected chi connectivity index (χ1v) is 11.2. The predicted molar refractivity (Wildman–Crippen MR) is 120 cm³/mol. The molecule has 0 aromatic heterocycles. The van der Waals surface area contributed by atoms with Crippen LogP contribution in [0.25, 0.3) is 0 Å². The number of nitrogens with one attached hydrogen (secondary N) is 1. The number of benzene rings is 2. The van der Waals surface area contributed by atoms with Gasteiger partial charge in [-0.3, -0.25) is 19.3 Å². The summed E-state index contributed by atoms with van der Waals surface area (Å²) in [6.45, 7) is 4.47. The number of carbonyl (C=O) groups excluding carboxylic acids is 3. The zero-order chi connectivity index (χ0) is 23.6. The van der Waals surface area contributed by atoms with Gasteiger partial charge in [0.15, 0.2) is 0 Å². The smallest absolute Gasteiger partial charge is 0.256 e. The second-order valence-corrected chi connectivity index (χ2v) is 8.78. The van der Waals surface area contributed by atoms with Crippen molar-refractivity contribution >= 4 is 17.7 Å². The van der Waals surface area contributed by atoms with Gasteiger partial charge in [-0.25, -0.2) is 4.39 Å². The normalized spacial score (nSPS) is 19.7. The van der Waals surface area contributed by atoms with E-state index in [2.05, 4.69) is 5.32 Å². The highest BCUT2D eigenvalue weighted by Gasteiger charge is 2.54. The summed E-state index contributed by atoms with van der Waals surface area (Å²) in [6, 6.07) is 13.6. The topological polar surface area (TPSA) is 79.0 Å². The highest BCUT2D eigenvalue weighted by Crippen LogP contribution is 2.38. The minimum Gasteiger partial charge on any atom is -0.353 e. The van der Waals surface area contributed by atoms with Crippen LogP contribution in [0.5, 0.6) is 0 Å². The number of hydrogen-bond acceptors (Lipinski definition) is 4. The maximum absolute atomic E-state index is 13.6. The van der Waals surface area contributed by atoms with Crippen molar-refractivity contribution in [2.75, 3.05) is 19.7 Å². The van der Waals surface area contributed by atoms with Gasteiger partial charge in [0.1, 0.15) is 17.6 Å². The number of carbonyl (C=O) groups is 3. The third kappa shape index (κ3) is 4.61. The molecule has 0 bridgehead atoms. The number of halogens is 1. The van der Waals surface area contributed by atoms with E-state index in [1.54, 1.807) is 40.1 Å². The Hall–Kier alpha value is -3.26. The second-order valence-electron chi connectivity index (χ2n) is 8.78. The fraction of sp³-hybridized carbons (Fsp3) is 0.400. The maximum Gasteiger partial charge on any atom is 0.256 e. The molecule has 2 aromatic rings. The molecule has 0 unspecified atom stereocenters. The number of rotatable bonds is 4. The summed E-state index contributed by atoms with van der Waals surface area (Å²) >= 11 is 0. The quantitative estimate of drug-likeness (QED) is 0.772. The number of likely N-dealkylation sites (tertiary alicyclic amines) is 1. The number of nitrogens with zero attached hydrogens (tertiary/aromatic N) is 2. The van der Waals surface area contributed by atoms with Crippen molar-refractivity contribution in [3.8, 4) is 0 Å². The van der Waals surface area contributed by atoms with Crippen LogP contribution in [0.1, 0.15) is 47.4 Å². The van der Waals surface area contributed by atoms with Crippen molar-refractivity contribution in [3.63, 3.8) is 0 Å². The summed E-state index contributed by atoms with van der Waals surface area (Å²) < 4.78 is 19.7. The van der Waals surface area contributed by atoms with Gasteiger partial charge in [-0.1, -0.05) is 24.3 Å². The van der Waals surface area contributed by atoms with Gasteiger partial charge in [-0.05, 0) is 44.2 Å². The van der Waals surface area contributed by atoms with Gasteiger partial charge in [0.25, 0.3) is 11.8 Å². The number of ether oxygens (including phenoxy) is 1. The van der Waals surface area contributed by atoms with Crippen LogP contribution in [0.2, 0.25) is 0 Å². The van der Waals surface area contributed by atoms with E-state index < -0.39 is 17.6 Å². The fourth-order valence-corrected chi connectivity index (χ4v) is 4.53. The molecule has 2 saturated heterocycles. The van der Waals surface area contributed by atoms with Crippen molar-refractivity contribution in [3.05, 3.63) is 71.5 Å². The van der Waals surface area contributed by atoms with E-state index in [1.165, 1.54) is 18.2 Å². The third-order valence-corrected chi connectivity index (χ3v) is 6.14. The van der Waals surface area contributed by atoms with Gasteiger partial charge in [0.2, 0.25) is 5.91 Å². The molecule has 0 radical (unpaired) electrons. The molecule has 8 heteroatoms. The minimum absolute atomic E-state index is 0.0755. The molecule has 174 valence electrons. The predicted octanol–water partition coefficient (Wildman–Crippen LogP) is 2.82. The van der Waals surface area contributed by atoms with E-state index in [0.29, 0.717) is 31.5 Å². The molecule has 4 rings (SSSR count). The van der Waals surface area contributed by atoms with Crippen molar-refractivity contribution in [1.29, 1.82) is 0 Å². The lowest BCUT2D eigenvalue weighted by atomic mass is 9.96. The lowest BCUT2D eigenvalue weighted by Gasteiger charge is -2.44. The first-order valence-electron chi connectivity index (χ1n) is 11.2. The van der Waals surface area contributed by atoms with Crippen molar-refractivity contribution in [2.45, 2.75) is 44.5 Å². The molecular formula is C25H28FN3O4. The average molecular weight is 454 g/mol. The highest BCUT2D eigenvalue weighted by molar-refractivity contribution is 5.98. The van der Waals surface area contributed by atoms with E-state index in [0.717, 1.165) is 0 Å². The van der Waals surface area contributed by atoms with Crippen LogP contribution in [0.15, 0.2) is 54.6 Å². The molecule has 2 aliphatic heterocycles. The van der Waals surface area contributed by atoms with Crippen LogP contribution < -0.4 is 5.32 Å². The molecule has 2 aliphatic rings. The summed E-state index contributed by atoms with van der Waals surface area (Å²) in [7, 11) is 0. The summed E-state index contributed by atoms with van der Waals surface area (Å²) in [6.07, 6.45) is 0.718. The Kier molecular flexibility index (Phi) is 6.47. The van der Waals surface area contributed by atoms with Gasteiger partial charge in [0.05, 0.1) is 6.61 Å². The van der Waals surface area contributed by atoms with Crippen LogP contribution in [0.4, 0.5) is 4.39 Å². The zero-order valence-electron chi connectivity index (χ0n) is 18.8. The first kappa shape index (κ1) is 22.9. The Bertz CT molecular complexity index is 1030. The molecule has 0 saturated carbocycles. The fourth-order valence-electron chi connectivity index (χ4n) is 4.53. The Morgan fingerprint density at radius 3 is 2.30 bits per heavy atom. The summed E-state index contributed by atoms with van der Waals surface area (Å²) in [5.74, 6) is -1.27. The summed E-state index contributed by atoms with van der Waals surface area (Å²) in [5, 5.41) is 2.88. The molecule has 2 heterocycles. The van der Waals surface area contributed by atoms with E-state index in [-0.39, 0.29) is 35.9 Å². The van der Waals surface area contributed by atoms with Crippen molar-refractivity contribution in [1.82, 2.24) is 15.1 Å². The standard InChI is InChI=1S/C25H28FN3O4/c1-17(2)27-22(30)21-16-33-25(29(21)24(32)18-7-4-3-5-8-18)11-13-28(14-12-25)23(31)19-9-6-10-20(26)15-19/h3-10,15,17,21H,11-14,16H2,1-2H3,(H,27,30)/t21-/m0/s1. The third-order valence-electron chi connectivity index (χ3n) is 6.14. The molecule has 2 fully saturated rings. The Morgan fingerprint density at radius 2 is 1.67 bits per heavy atom. The Morgan fingerprint density at radius 1 is 1.00 bits per heavy atom. The van der Waals surface area contributed by atoms with Gasteiger partial charge in [0, 0.05) is 43.1 Å². The van der Waals surface area contributed by atoms with Gasteiger partial charge in [-0.15, -0.1) is 0 Å². The molecular weight excluding hydrogens is 425 g/mol. The number of hydrogen-bond donors (Lipinski definition) is 1. The van der Waals surface area contributed by atoms with Crippen LogP contribution >= 0.6 is 0 Å². The second kappa shape index (κ2) is 9.31. The van der Waals surface area contributed by atoms with Gasteiger partial charge in [-0.2, -0.15) is 0 Å². The molecule has 33 heavy (non-hydrogen) atoms. The lowest BCUT2D eigenvalue weighted by Crippen LogP contribution is -2.60. The molecule has 0 aliphatic carbocycles. The summed E-state index contributed by atoms with van der Waals surface area (Å²) in [4.78, 5) is 42.5. The zero-order valence-corrected chi connectivity index (χ0v) is 18.8. The maximum atomic E-state index is 13.6. The van der Waals surface area contributed by atoms with Crippen LogP contribution in [-0.4, -0.2) is 65.0 Å². The van der Waals surface area contributed by atoms with E-state index in [9.17, 15) is 18.8 Å². The lowest BCUT2D eigenvalue weighted by molar-refractivity contribution is -0.128. The van der Waals surface area contributed by atoms with E-state index in [1.807, 2.05) is 19.9 Å². The van der Waals surface area contributed by atoms with E-state index in [4.69, 9.17) is 4.74 Å². The van der Waals surface area contributed by atoms with Crippen molar-refractivity contribution < 1.29 is 23.5 Å². The Labute approximate surface area is 192 Å². The largest absolute Gasteiger partial charge is 0.353 e. The molecule has 7 nitrogen and oxygen atoms in total. The van der Waals surface area contributed by atoms with E-state index >= 15 is 0 Å². The van der Waals surface area contributed by atoms with Crippen LogP contribution in [-0.2, 0) is 9.53 Å². The Balaban J connectivity index is 1.57. The van der Waals surface area contributed by atoms with Crippen molar-refractivity contribution in [2.24, 2.45) is 0 Å². The van der Waals surface area contributed by atoms with Gasteiger partial charge < -0.3 is 15.0 Å². The molecule has 1 N–H and O–H groups in total. The first-order chi connectivity index (χ1) is 15.8. The molecule has 1 atom stereocenters. The van der Waals surface area contributed by atoms with Crippen LogP contribution in [0.3, 0.4) is 0 Å². The summed E-state index contributed by atoms with van der Waals surface area (Å²) in [5.41, 5.74) is -0.224. The highest BCUT2D eigenvalue weighted by atomic mass is 19.1. The van der Waals surface area contributed by atoms with Crippen LogP contribution in [0, 0.1) is 5.82 Å². The molecule has 3 amide bonds. The minimum atomic E-state index is -0.982. The SMILES string of the molecule is CC(C)NC(=O)[C@@H]1COC2(CCN(C(=O)c3cccc(F)c3)CC2)N1C(=O)c1ccccc1. The monoisotopic (exact) mass is 453 g/mol.